The molecular formula is C12H11N3O4. The van der Waals surface area contributed by atoms with Gasteiger partial charge in [0.15, 0.2) is 5.69 Å². The smallest absolute Gasteiger partial charge is 0.360 e. The maximum atomic E-state index is 11.5. The Hall–Kier alpha value is -2.70. The van der Waals surface area contributed by atoms with Crippen molar-refractivity contribution in [2.24, 2.45) is 0 Å². The minimum absolute atomic E-state index is 0.0297. The molecule has 0 aliphatic heterocycles. The van der Waals surface area contributed by atoms with Crippen LogP contribution in [0.2, 0.25) is 0 Å². The highest BCUT2D eigenvalue weighted by Gasteiger charge is 2.16. The molecule has 1 N–H and O–H groups in total. The number of aromatic nitrogens is 3. The van der Waals surface area contributed by atoms with Crippen LogP contribution in [0.3, 0.4) is 0 Å². The molecule has 7 nitrogen and oxygen atoms in total. The van der Waals surface area contributed by atoms with Crippen molar-refractivity contribution in [3.63, 3.8) is 0 Å². The van der Waals surface area contributed by atoms with Crippen LogP contribution >= 0.6 is 0 Å². The fourth-order valence-corrected chi connectivity index (χ4v) is 1.53. The van der Waals surface area contributed by atoms with E-state index >= 15 is 0 Å². The second-order valence-electron chi connectivity index (χ2n) is 3.59. The first-order valence-electron chi connectivity index (χ1n) is 5.55. The van der Waals surface area contributed by atoms with E-state index in [1.54, 1.807) is 25.1 Å². The molecule has 2 aromatic rings. The van der Waals surface area contributed by atoms with E-state index in [1.165, 1.54) is 16.9 Å². The van der Waals surface area contributed by atoms with E-state index in [-0.39, 0.29) is 17.9 Å². The predicted octanol–water partition coefficient (Wildman–Crippen LogP) is 1.14. The highest BCUT2D eigenvalue weighted by molar-refractivity contribution is 5.92. The fourth-order valence-electron chi connectivity index (χ4n) is 1.53. The van der Waals surface area contributed by atoms with Gasteiger partial charge in [-0.1, -0.05) is 17.3 Å². The number of benzene rings is 1. The summed E-state index contributed by atoms with van der Waals surface area (Å²) in [6, 6.07) is 6.31. The van der Waals surface area contributed by atoms with E-state index in [4.69, 9.17) is 9.84 Å². The molecular weight excluding hydrogens is 250 g/mol. The summed E-state index contributed by atoms with van der Waals surface area (Å²) in [6.45, 7) is 1.92. The largest absolute Gasteiger partial charge is 0.478 e. The first-order valence-corrected chi connectivity index (χ1v) is 5.55. The lowest BCUT2D eigenvalue weighted by Crippen LogP contribution is -2.06. The molecule has 7 heteroatoms. The molecule has 0 saturated carbocycles. The monoisotopic (exact) mass is 261 g/mol. The van der Waals surface area contributed by atoms with Crippen molar-refractivity contribution in [2.75, 3.05) is 6.61 Å². The van der Waals surface area contributed by atoms with Crippen LogP contribution in [0.5, 0.6) is 0 Å². The maximum absolute atomic E-state index is 11.5. The van der Waals surface area contributed by atoms with Gasteiger partial charge in [0.2, 0.25) is 0 Å². The van der Waals surface area contributed by atoms with Crippen LogP contribution in [-0.2, 0) is 4.74 Å². The summed E-state index contributed by atoms with van der Waals surface area (Å²) < 4.78 is 6.02. The zero-order valence-electron chi connectivity index (χ0n) is 10.1. The van der Waals surface area contributed by atoms with Gasteiger partial charge < -0.3 is 9.84 Å². The number of carboxylic acids is 1. The number of rotatable bonds is 4. The number of ether oxygens (including phenoxy) is 1. The van der Waals surface area contributed by atoms with Crippen LogP contribution in [0.25, 0.3) is 5.69 Å². The van der Waals surface area contributed by atoms with Crippen molar-refractivity contribution in [2.45, 2.75) is 6.92 Å². The summed E-state index contributed by atoms with van der Waals surface area (Å²) >= 11 is 0. The standard InChI is InChI=1S/C12H11N3O4/c1-2-19-12(18)9-7-15(14-13-9)10-6-4-3-5-8(10)11(16)17/h3-7H,2H2,1H3,(H,16,17). The van der Waals surface area contributed by atoms with E-state index in [2.05, 4.69) is 10.3 Å². The number of nitrogens with zero attached hydrogens (tertiary/aromatic N) is 3. The minimum Gasteiger partial charge on any atom is -0.478 e. The molecule has 1 aromatic heterocycles. The second-order valence-corrected chi connectivity index (χ2v) is 3.59. The molecule has 0 fully saturated rings. The molecule has 0 radical (unpaired) electrons. The van der Waals surface area contributed by atoms with Crippen molar-refractivity contribution in [1.82, 2.24) is 15.0 Å². The molecule has 0 aliphatic carbocycles. The number of carbonyl (C=O) groups excluding carboxylic acids is 1. The van der Waals surface area contributed by atoms with Crippen LogP contribution in [0.4, 0.5) is 0 Å². The number of esters is 1. The maximum Gasteiger partial charge on any atom is 0.360 e. The van der Waals surface area contributed by atoms with Gasteiger partial charge in [-0.3, -0.25) is 0 Å². The predicted molar refractivity (Wildman–Crippen MR) is 64.3 cm³/mol. The molecule has 0 bridgehead atoms. The third kappa shape index (κ3) is 2.59. The molecule has 19 heavy (non-hydrogen) atoms. The van der Waals surface area contributed by atoms with Gasteiger partial charge in [0.05, 0.1) is 24.1 Å². The average molecular weight is 261 g/mol. The highest BCUT2D eigenvalue weighted by Crippen LogP contribution is 2.13. The zero-order valence-corrected chi connectivity index (χ0v) is 10.1. The molecule has 0 unspecified atom stereocenters. The normalized spacial score (nSPS) is 10.2. The Kier molecular flexibility index (Phi) is 3.56. The number of hydrogen-bond acceptors (Lipinski definition) is 5. The van der Waals surface area contributed by atoms with E-state index in [0.29, 0.717) is 5.69 Å². The Morgan fingerprint density at radius 1 is 1.37 bits per heavy atom. The summed E-state index contributed by atoms with van der Waals surface area (Å²) in [5.74, 6) is -1.68. The van der Waals surface area contributed by atoms with Gasteiger partial charge in [0.25, 0.3) is 0 Å². The van der Waals surface area contributed by atoms with Crippen LogP contribution < -0.4 is 0 Å². The molecule has 0 amide bonds. The first kappa shape index (κ1) is 12.7. The van der Waals surface area contributed by atoms with Gasteiger partial charge in [0.1, 0.15) is 0 Å². The number of carboxylic acid groups (broad SMARTS) is 1. The van der Waals surface area contributed by atoms with Gasteiger partial charge >= 0.3 is 11.9 Å². The first-order chi connectivity index (χ1) is 9.13. The quantitative estimate of drug-likeness (QED) is 0.829. The van der Waals surface area contributed by atoms with Gasteiger partial charge in [-0.05, 0) is 19.1 Å². The number of aromatic carboxylic acids is 1. The van der Waals surface area contributed by atoms with Crippen molar-refractivity contribution < 1.29 is 19.4 Å². The van der Waals surface area contributed by atoms with Crippen molar-refractivity contribution in [1.29, 1.82) is 0 Å². The third-order valence-corrected chi connectivity index (χ3v) is 2.36. The SMILES string of the molecule is CCOC(=O)c1cn(-c2ccccc2C(=O)O)nn1. The molecule has 1 heterocycles. The fraction of sp³-hybridized carbons (Fsp3) is 0.167. The van der Waals surface area contributed by atoms with Crippen LogP contribution in [0, 0.1) is 0 Å². The molecule has 0 atom stereocenters. The average Bonchev–Trinajstić information content (AvgIpc) is 2.88. The topological polar surface area (TPSA) is 94.3 Å². The van der Waals surface area contributed by atoms with E-state index < -0.39 is 11.9 Å². The van der Waals surface area contributed by atoms with Gasteiger partial charge in [-0.2, -0.15) is 0 Å². The summed E-state index contributed by atoms with van der Waals surface area (Å²) in [5, 5.41) is 16.5. The molecule has 0 saturated heterocycles. The lowest BCUT2D eigenvalue weighted by atomic mass is 10.2. The van der Waals surface area contributed by atoms with Crippen molar-refractivity contribution in [3.05, 3.63) is 41.7 Å². The Morgan fingerprint density at radius 2 is 2.11 bits per heavy atom. The van der Waals surface area contributed by atoms with E-state index in [0.717, 1.165) is 0 Å². The number of para-hydroxylation sites is 1. The van der Waals surface area contributed by atoms with Gasteiger partial charge in [-0.25, -0.2) is 14.3 Å². The summed E-state index contributed by atoms with van der Waals surface area (Å²) in [5.41, 5.74) is 0.433. The zero-order chi connectivity index (χ0) is 13.8. The Morgan fingerprint density at radius 3 is 2.79 bits per heavy atom. The lowest BCUT2D eigenvalue weighted by molar-refractivity contribution is 0.0519. The molecule has 98 valence electrons. The highest BCUT2D eigenvalue weighted by atomic mass is 16.5. The number of carbonyl (C=O) groups is 2. The summed E-state index contributed by atoms with van der Waals surface area (Å²) in [6.07, 6.45) is 1.33. The minimum atomic E-state index is -1.08. The van der Waals surface area contributed by atoms with Gasteiger partial charge in [0, 0.05) is 0 Å². The molecule has 0 aliphatic rings. The molecule has 2 rings (SSSR count). The van der Waals surface area contributed by atoms with Crippen LogP contribution in [-0.4, -0.2) is 38.6 Å². The van der Waals surface area contributed by atoms with Gasteiger partial charge in [-0.15, -0.1) is 5.10 Å². The third-order valence-electron chi connectivity index (χ3n) is 2.36. The Balaban J connectivity index is 2.38. The number of hydrogen-bond donors (Lipinski definition) is 1. The molecule has 0 spiro atoms. The summed E-state index contributed by atoms with van der Waals surface area (Å²) in [7, 11) is 0. The van der Waals surface area contributed by atoms with Crippen molar-refractivity contribution >= 4 is 11.9 Å². The Bertz CT molecular complexity index is 621. The van der Waals surface area contributed by atoms with Crippen molar-refractivity contribution in [3.8, 4) is 5.69 Å². The van der Waals surface area contributed by atoms with E-state index in [9.17, 15) is 9.59 Å². The lowest BCUT2D eigenvalue weighted by Gasteiger charge is -2.03. The van der Waals surface area contributed by atoms with Crippen LogP contribution in [0.15, 0.2) is 30.5 Å². The Labute approximate surface area is 108 Å². The van der Waals surface area contributed by atoms with E-state index in [1.807, 2.05) is 0 Å². The summed E-state index contributed by atoms with van der Waals surface area (Å²) in [4.78, 5) is 22.5. The second kappa shape index (κ2) is 5.30. The van der Waals surface area contributed by atoms with Crippen LogP contribution in [0.1, 0.15) is 27.8 Å². The molecule has 1 aromatic carbocycles.